The number of urea groups is 1. The Balaban J connectivity index is 1.53. The largest absolute Gasteiger partial charge is 0.457 e. The minimum absolute atomic E-state index is 0.207. The summed E-state index contributed by atoms with van der Waals surface area (Å²) < 4.78 is 11.2. The fourth-order valence-corrected chi connectivity index (χ4v) is 3.46. The van der Waals surface area contributed by atoms with E-state index in [-0.39, 0.29) is 6.03 Å². The zero-order valence-electron chi connectivity index (χ0n) is 17.9. The number of methoxy groups -OCH3 is 1. The van der Waals surface area contributed by atoms with Crippen molar-refractivity contribution in [1.29, 1.82) is 0 Å². The maximum Gasteiger partial charge on any atom is 0.319 e. The number of nitrogens with two attached hydrogens (primary N) is 1. The Hall–Kier alpha value is -3.65. The molecule has 4 N–H and O–H groups in total. The van der Waals surface area contributed by atoms with Gasteiger partial charge in [-0.3, -0.25) is 9.78 Å². The van der Waals surface area contributed by atoms with E-state index in [0.717, 1.165) is 30.3 Å². The van der Waals surface area contributed by atoms with E-state index in [1.165, 1.54) is 0 Å². The number of carbonyl (C=O) groups excluding carboxylic acids is 2. The average Bonchev–Trinajstić information content (AvgIpc) is 3.58. The maximum absolute atomic E-state index is 12.1. The lowest BCUT2D eigenvalue weighted by Crippen LogP contribution is -2.30. The molecular formula is C24H26N4O4. The Morgan fingerprint density at radius 1 is 1.16 bits per heavy atom. The van der Waals surface area contributed by atoms with Crippen molar-refractivity contribution >= 4 is 28.5 Å². The zero-order chi connectivity index (χ0) is 22.5. The molecule has 1 heterocycles. The van der Waals surface area contributed by atoms with Crippen molar-refractivity contribution in [1.82, 2.24) is 10.3 Å². The van der Waals surface area contributed by atoms with E-state index in [0.29, 0.717) is 47.2 Å². The molecule has 0 radical (unpaired) electrons. The van der Waals surface area contributed by atoms with Crippen LogP contribution < -0.4 is 21.1 Å². The normalized spacial score (nSPS) is 13.0. The molecule has 1 aliphatic rings. The number of aromatic nitrogens is 1. The third kappa shape index (κ3) is 5.33. The summed E-state index contributed by atoms with van der Waals surface area (Å²) in [6.45, 7) is 0.597. The molecule has 32 heavy (non-hydrogen) atoms. The first kappa shape index (κ1) is 21.6. The van der Waals surface area contributed by atoms with Gasteiger partial charge >= 0.3 is 6.03 Å². The first-order chi connectivity index (χ1) is 15.5. The van der Waals surface area contributed by atoms with E-state index in [2.05, 4.69) is 15.6 Å². The predicted octanol–water partition coefficient (Wildman–Crippen LogP) is 3.99. The van der Waals surface area contributed by atoms with Gasteiger partial charge in [-0.1, -0.05) is 0 Å². The van der Waals surface area contributed by atoms with Crippen molar-refractivity contribution in [2.45, 2.75) is 31.7 Å². The summed E-state index contributed by atoms with van der Waals surface area (Å²) in [5.74, 6) is 0.664. The number of nitrogens with zero attached hydrogens (tertiary/aromatic N) is 1. The summed E-state index contributed by atoms with van der Waals surface area (Å²) in [4.78, 5) is 28.4. The molecule has 0 bridgehead atoms. The van der Waals surface area contributed by atoms with E-state index in [9.17, 15) is 9.59 Å². The summed E-state index contributed by atoms with van der Waals surface area (Å²) in [7, 11) is 1.64. The number of ether oxygens (including phenoxy) is 2. The van der Waals surface area contributed by atoms with Crippen molar-refractivity contribution in [2.24, 2.45) is 5.73 Å². The summed E-state index contributed by atoms with van der Waals surface area (Å²) in [5.41, 5.74) is 8.31. The summed E-state index contributed by atoms with van der Waals surface area (Å²) in [6, 6.07) is 12.5. The molecule has 0 atom stereocenters. The molecule has 0 aliphatic heterocycles. The number of aryl methyl sites for hydroxylation is 1. The number of primary amides is 1. The number of pyridine rings is 1. The fourth-order valence-electron chi connectivity index (χ4n) is 3.46. The Labute approximate surface area is 186 Å². The van der Waals surface area contributed by atoms with Gasteiger partial charge in [0.15, 0.2) is 0 Å². The number of benzene rings is 2. The van der Waals surface area contributed by atoms with Gasteiger partial charge in [0.1, 0.15) is 11.5 Å². The monoisotopic (exact) mass is 434 g/mol. The van der Waals surface area contributed by atoms with Crippen LogP contribution in [-0.4, -0.2) is 36.7 Å². The Bertz CT molecular complexity index is 1130. The van der Waals surface area contributed by atoms with Gasteiger partial charge < -0.3 is 25.8 Å². The van der Waals surface area contributed by atoms with Crippen molar-refractivity contribution in [3.05, 3.63) is 59.8 Å². The first-order valence-electron chi connectivity index (χ1n) is 10.6. The highest BCUT2D eigenvalue weighted by atomic mass is 16.5. The summed E-state index contributed by atoms with van der Waals surface area (Å²) >= 11 is 0. The van der Waals surface area contributed by atoms with Crippen LogP contribution in [0.4, 0.5) is 10.5 Å². The highest BCUT2D eigenvalue weighted by Crippen LogP contribution is 2.31. The van der Waals surface area contributed by atoms with Gasteiger partial charge in [-0.2, -0.15) is 0 Å². The molecule has 1 aromatic heterocycles. The average molecular weight is 434 g/mol. The molecule has 8 nitrogen and oxygen atoms in total. The lowest BCUT2D eigenvalue weighted by atomic mass is 9.99. The second-order valence-corrected chi connectivity index (χ2v) is 7.80. The highest BCUT2D eigenvalue weighted by molar-refractivity contribution is 6.00. The topological polar surface area (TPSA) is 116 Å². The smallest absolute Gasteiger partial charge is 0.319 e. The Kier molecular flexibility index (Phi) is 6.51. The molecule has 0 unspecified atom stereocenters. The van der Waals surface area contributed by atoms with Crippen LogP contribution in [0.15, 0.2) is 48.7 Å². The molecule has 1 fully saturated rings. The SMILES string of the molecule is COCCCc1cc2nccc(Oc3ccc(NC(=O)NC4CC4)cc3)c2cc1C(N)=O. The number of hydrogen-bond donors (Lipinski definition) is 3. The maximum atomic E-state index is 12.1. The number of rotatable bonds is 9. The van der Waals surface area contributed by atoms with Crippen LogP contribution in [0.5, 0.6) is 11.5 Å². The molecule has 1 saturated carbocycles. The second-order valence-electron chi connectivity index (χ2n) is 7.80. The van der Waals surface area contributed by atoms with Gasteiger partial charge in [0.2, 0.25) is 5.91 Å². The van der Waals surface area contributed by atoms with Crippen LogP contribution in [0.25, 0.3) is 10.9 Å². The van der Waals surface area contributed by atoms with E-state index in [1.807, 2.05) is 6.07 Å². The molecule has 3 aromatic rings. The van der Waals surface area contributed by atoms with Crippen LogP contribution in [0.2, 0.25) is 0 Å². The third-order valence-corrected chi connectivity index (χ3v) is 5.24. The number of anilines is 1. The first-order valence-corrected chi connectivity index (χ1v) is 10.6. The number of nitrogens with one attached hydrogen (secondary N) is 2. The molecule has 2 aromatic carbocycles. The predicted molar refractivity (Wildman–Crippen MR) is 122 cm³/mol. The molecule has 166 valence electrons. The minimum Gasteiger partial charge on any atom is -0.457 e. The molecule has 3 amide bonds. The summed E-state index contributed by atoms with van der Waals surface area (Å²) in [5, 5.41) is 6.38. The fraction of sp³-hybridized carbons (Fsp3) is 0.292. The van der Waals surface area contributed by atoms with Crippen molar-refractivity contribution in [2.75, 3.05) is 19.0 Å². The quantitative estimate of drug-likeness (QED) is 0.441. The van der Waals surface area contributed by atoms with Gasteiger partial charge in [-0.25, -0.2) is 4.79 Å². The summed E-state index contributed by atoms with van der Waals surface area (Å²) in [6.07, 6.45) is 5.17. The van der Waals surface area contributed by atoms with Gasteiger partial charge in [0.05, 0.1) is 5.52 Å². The number of hydrogen-bond acceptors (Lipinski definition) is 5. The van der Waals surface area contributed by atoms with E-state index >= 15 is 0 Å². The van der Waals surface area contributed by atoms with Crippen LogP contribution in [-0.2, 0) is 11.2 Å². The number of fused-ring (bicyclic) bond motifs is 1. The van der Waals surface area contributed by atoms with Crippen molar-refractivity contribution in [3.63, 3.8) is 0 Å². The van der Waals surface area contributed by atoms with E-state index in [1.54, 1.807) is 49.7 Å². The van der Waals surface area contributed by atoms with Crippen LogP contribution in [0.1, 0.15) is 35.2 Å². The lowest BCUT2D eigenvalue weighted by Gasteiger charge is -2.13. The lowest BCUT2D eigenvalue weighted by molar-refractivity contribution is 0.0999. The minimum atomic E-state index is -0.492. The van der Waals surface area contributed by atoms with Gasteiger partial charge in [-0.05, 0) is 73.7 Å². The number of amides is 3. The molecule has 4 rings (SSSR count). The highest BCUT2D eigenvalue weighted by Gasteiger charge is 2.23. The van der Waals surface area contributed by atoms with Crippen LogP contribution >= 0.6 is 0 Å². The standard InChI is InChI=1S/C24H26N4O4/c1-31-12-2-3-15-13-21-20(14-19(15)23(25)29)22(10-11-26-21)32-18-8-6-17(7-9-18)28-24(30)27-16-4-5-16/h6-11,13-14,16H,2-5,12H2,1H3,(H2,25,29)(H2,27,28,30). The van der Waals surface area contributed by atoms with Crippen LogP contribution in [0.3, 0.4) is 0 Å². The van der Waals surface area contributed by atoms with Gasteiger partial charge in [0, 0.05) is 42.6 Å². The molecule has 1 aliphatic carbocycles. The molecule has 8 heteroatoms. The second kappa shape index (κ2) is 9.65. The van der Waals surface area contributed by atoms with E-state index in [4.69, 9.17) is 15.2 Å². The van der Waals surface area contributed by atoms with Crippen LogP contribution in [0, 0.1) is 0 Å². The van der Waals surface area contributed by atoms with Gasteiger partial charge in [0.25, 0.3) is 0 Å². The Morgan fingerprint density at radius 2 is 1.94 bits per heavy atom. The zero-order valence-corrected chi connectivity index (χ0v) is 17.9. The molecule has 0 spiro atoms. The molecule has 0 saturated heterocycles. The van der Waals surface area contributed by atoms with Crippen molar-refractivity contribution in [3.8, 4) is 11.5 Å². The van der Waals surface area contributed by atoms with Gasteiger partial charge in [-0.15, -0.1) is 0 Å². The van der Waals surface area contributed by atoms with E-state index < -0.39 is 5.91 Å². The molecular weight excluding hydrogens is 408 g/mol. The number of carbonyl (C=O) groups is 2. The van der Waals surface area contributed by atoms with Crippen molar-refractivity contribution < 1.29 is 19.1 Å². The Morgan fingerprint density at radius 3 is 2.62 bits per heavy atom. The third-order valence-electron chi connectivity index (χ3n) is 5.24.